The fourth-order valence-corrected chi connectivity index (χ4v) is 3.14. The van der Waals surface area contributed by atoms with Crippen LogP contribution in [0.3, 0.4) is 0 Å². The minimum atomic E-state index is -3.41. The zero-order valence-corrected chi connectivity index (χ0v) is 11.2. The third kappa shape index (κ3) is 2.78. The Morgan fingerprint density at radius 1 is 1.47 bits per heavy atom. The van der Waals surface area contributed by atoms with E-state index in [9.17, 15) is 8.42 Å². The summed E-state index contributed by atoms with van der Waals surface area (Å²) in [5, 5.41) is 0.297. The molecule has 17 heavy (non-hydrogen) atoms. The van der Waals surface area contributed by atoms with Crippen molar-refractivity contribution < 1.29 is 8.42 Å². The van der Waals surface area contributed by atoms with Crippen LogP contribution in [0.5, 0.6) is 0 Å². The van der Waals surface area contributed by atoms with Crippen molar-refractivity contribution in [2.75, 3.05) is 13.6 Å². The minimum Gasteiger partial charge on any atom is -0.243 e. The van der Waals surface area contributed by atoms with E-state index in [0.29, 0.717) is 17.6 Å². The Labute approximate surface area is 107 Å². The number of hydrogen-bond donors (Lipinski definition) is 0. The quantitative estimate of drug-likeness (QED) is 0.791. The molecule has 0 saturated heterocycles. The molecule has 0 atom stereocenters. The van der Waals surface area contributed by atoms with Crippen LogP contribution in [0, 0.1) is 5.92 Å². The SMILES string of the molecule is CN(CC1CCC1)S(=O)(=O)c1ccc(Cl)nc1. The van der Waals surface area contributed by atoms with E-state index in [4.69, 9.17) is 11.6 Å². The summed E-state index contributed by atoms with van der Waals surface area (Å²) in [4.78, 5) is 4.00. The van der Waals surface area contributed by atoms with Gasteiger partial charge >= 0.3 is 0 Å². The van der Waals surface area contributed by atoms with E-state index in [-0.39, 0.29) is 4.90 Å². The Morgan fingerprint density at radius 2 is 2.18 bits per heavy atom. The summed E-state index contributed by atoms with van der Waals surface area (Å²) in [6.45, 7) is 0.588. The van der Waals surface area contributed by atoms with Crippen LogP contribution in [0.25, 0.3) is 0 Å². The van der Waals surface area contributed by atoms with E-state index in [1.54, 1.807) is 7.05 Å². The maximum absolute atomic E-state index is 12.2. The highest BCUT2D eigenvalue weighted by molar-refractivity contribution is 7.89. The van der Waals surface area contributed by atoms with Crippen molar-refractivity contribution in [1.82, 2.24) is 9.29 Å². The summed E-state index contributed by atoms with van der Waals surface area (Å²) < 4.78 is 25.7. The van der Waals surface area contributed by atoms with Gasteiger partial charge in [-0.2, -0.15) is 0 Å². The van der Waals surface area contributed by atoms with Gasteiger partial charge < -0.3 is 0 Å². The fourth-order valence-electron chi connectivity index (χ4n) is 1.83. The average Bonchev–Trinajstić information content (AvgIpc) is 2.23. The molecule has 94 valence electrons. The predicted molar refractivity (Wildman–Crippen MR) is 66.4 cm³/mol. The second-order valence-corrected chi connectivity index (χ2v) is 6.83. The molecule has 1 aromatic rings. The largest absolute Gasteiger partial charge is 0.244 e. The van der Waals surface area contributed by atoms with E-state index in [1.165, 1.54) is 29.1 Å². The molecule has 1 heterocycles. The van der Waals surface area contributed by atoms with Crippen LogP contribution in [0.2, 0.25) is 5.15 Å². The van der Waals surface area contributed by atoms with Crippen LogP contribution in [-0.4, -0.2) is 31.3 Å². The highest BCUT2D eigenvalue weighted by atomic mass is 35.5. The van der Waals surface area contributed by atoms with Gasteiger partial charge in [0.1, 0.15) is 10.0 Å². The first-order chi connectivity index (χ1) is 8.00. The van der Waals surface area contributed by atoms with Crippen LogP contribution >= 0.6 is 11.6 Å². The van der Waals surface area contributed by atoms with Gasteiger partial charge in [-0.15, -0.1) is 0 Å². The Kier molecular flexibility index (Phi) is 3.70. The number of rotatable bonds is 4. The molecule has 1 aliphatic carbocycles. The molecular weight excluding hydrogens is 260 g/mol. The lowest BCUT2D eigenvalue weighted by molar-refractivity contribution is 0.263. The van der Waals surface area contributed by atoms with Gasteiger partial charge in [0, 0.05) is 19.8 Å². The van der Waals surface area contributed by atoms with Crippen molar-refractivity contribution in [2.24, 2.45) is 5.92 Å². The topological polar surface area (TPSA) is 50.3 Å². The monoisotopic (exact) mass is 274 g/mol. The molecule has 1 saturated carbocycles. The molecule has 0 unspecified atom stereocenters. The molecule has 0 N–H and O–H groups in total. The number of sulfonamides is 1. The van der Waals surface area contributed by atoms with Crippen LogP contribution in [0.15, 0.2) is 23.2 Å². The van der Waals surface area contributed by atoms with Crippen molar-refractivity contribution in [1.29, 1.82) is 0 Å². The summed E-state index contributed by atoms with van der Waals surface area (Å²) in [5.41, 5.74) is 0. The maximum Gasteiger partial charge on any atom is 0.244 e. The van der Waals surface area contributed by atoms with Crippen LogP contribution in [0.1, 0.15) is 19.3 Å². The summed E-state index contributed by atoms with van der Waals surface area (Å²) in [5.74, 6) is 0.509. The third-order valence-corrected chi connectivity index (χ3v) is 5.18. The van der Waals surface area contributed by atoms with Gasteiger partial charge in [0.2, 0.25) is 10.0 Å². The van der Waals surface area contributed by atoms with Gasteiger partial charge in [-0.25, -0.2) is 17.7 Å². The predicted octanol–water partition coefficient (Wildman–Crippen LogP) is 2.16. The highest BCUT2D eigenvalue weighted by Gasteiger charge is 2.26. The van der Waals surface area contributed by atoms with Crippen LogP contribution in [0.4, 0.5) is 0 Å². The van der Waals surface area contributed by atoms with E-state index >= 15 is 0 Å². The third-order valence-electron chi connectivity index (χ3n) is 3.15. The van der Waals surface area contributed by atoms with Crippen molar-refractivity contribution in [3.63, 3.8) is 0 Å². The number of hydrogen-bond acceptors (Lipinski definition) is 3. The van der Waals surface area contributed by atoms with Crippen LogP contribution < -0.4 is 0 Å². The normalized spacial score (nSPS) is 17.1. The zero-order chi connectivity index (χ0) is 12.5. The first-order valence-corrected chi connectivity index (χ1v) is 7.40. The second-order valence-electron chi connectivity index (χ2n) is 4.40. The van der Waals surface area contributed by atoms with Crippen molar-refractivity contribution in [3.8, 4) is 0 Å². The van der Waals surface area contributed by atoms with E-state index in [2.05, 4.69) is 4.98 Å². The number of halogens is 1. The van der Waals surface area contributed by atoms with Gasteiger partial charge in [0.15, 0.2) is 0 Å². The Balaban J connectivity index is 2.13. The fraction of sp³-hybridized carbons (Fsp3) is 0.545. The Bertz CT molecular complexity index is 483. The number of nitrogens with zero attached hydrogens (tertiary/aromatic N) is 2. The van der Waals surface area contributed by atoms with Crippen molar-refractivity contribution >= 4 is 21.6 Å². The van der Waals surface area contributed by atoms with Crippen molar-refractivity contribution in [2.45, 2.75) is 24.2 Å². The van der Waals surface area contributed by atoms with Gasteiger partial charge in [0.25, 0.3) is 0 Å². The van der Waals surface area contributed by atoms with Gasteiger partial charge in [-0.05, 0) is 30.9 Å². The summed E-state index contributed by atoms with van der Waals surface area (Å²) in [7, 11) is -1.80. The second kappa shape index (κ2) is 4.92. The smallest absolute Gasteiger partial charge is 0.243 e. The molecule has 1 aromatic heterocycles. The Morgan fingerprint density at radius 3 is 2.65 bits per heavy atom. The average molecular weight is 275 g/mol. The summed E-state index contributed by atoms with van der Waals surface area (Å²) in [6, 6.07) is 2.98. The lowest BCUT2D eigenvalue weighted by Crippen LogP contribution is -2.34. The van der Waals surface area contributed by atoms with E-state index in [0.717, 1.165) is 12.8 Å². The van der Waals surface area contributed by atoms with Crippen LogP contribution in [-0.2, 0) is 10.0 Å². The first kappa shape index (κ1) is 12.8. The summed E-state index contributed by atoms with van der Waals surface area (Å²) in [6.07, 6.45) is 4.76. The highest BCUT2D eigenvalue weighted by Crippen LogP contribution is 2.28. The van der Waals surface area contributed by atoms with E-state index in [1.807, 2.05) is 0 Å². The van der Waals surface area contributed by atoms with Gasteiger partial charge in [0.05, 0.1) is 0 Å². The molecule has 0 aromatic carbocycles. The van der Waals surface area contributed by atoms with E-state index < -0.39 is 10.0 Å². The number of pyridine rings is 1. The van der Waals surface area contributed by atoms with Crippen molar-refractivity contribution in [3.05, 3.63) is 23.5 Å². The molecule has 0 bridgehead atoms. The van der Waals surface area contributed by atoms with Gasteiger partial charge in [-0.1, -0.05) is 18.0 Å². The lowest BCUT2D eigenvalue weighted by Gasteiger charge is -2.29. The molecule has 1 aliphatic rings. The molecular formula is C11H15ClN2O2S. The van der Waals surface area contributed by atoms with Gasteiger partial charge in [-0.3, -0.25) is 0 Å². The molecule has 0 aliphatic heterocycles. The molecule has 1 fully saturated rings. The molecule has 0 amide bonds. The molecule has 6 heteroatoms. The maximum atomic E-state index is 12.2. The Hall–Kier alpha value is -0.650. The molecule has 4 nitrogen and oxygen atoms in total. The molecule has 2 rings (SSSR count). The number of aromatic nitrogens is 1. The molecule has 0 radical (unpaired) electrons. The zero-order valence-electron chi connectivity index (χ0n) is 9.63. The molecule has 0 spiro atoms. The lowest BCUT2D eigenvalue weighted by atomic mass is 9.86. The summed E-state index contributed by atoms with van der Waals surface area (Å²) >= 11 is 5.64. The minimum absolute atomic E-state index is 0.198. The standard InChI is InChI=1S/C11H15ClN2O2S/c1-14(8-9-3-2-4-9)17(15,16)10-5-6-11(12)13-7-10/h5-7,9H,2-4,8H2,1H3. The first-order valence-electron chi connectivity index (χ1n) is 5.58.